The summed E-state index contributed by atoms with van der Waals surface area (Å²) >= 11 is 1.13. The topological polar surface area (TPSA) is 79.8 Å². The van der Waals surface area contributed by atoms with E-state index in [-0.39, 0.29) is 5.82 Å². The summed E-state index contributed by atoms with van der Waals surface area (Å²) < 4.78 is 15.3. The van der Waals surface area contributed by atoms with Gasteiger partial charge >= 0.3 is 11.1 Å². The molecule has 2 rings (SSSR count). The van der Waals surface area contributed by atoms with Gasteiger partial charge in [-0.05, 0) is 30.4 Å². The van der Waals surface area contributed by atoms with Crippen LogP contribution in [0, 0.1) is 5.82 Å². The van der Waals surface area contributed by atoms with Crippen LogP contribution in [0.4, 0.5) is 4.39 Å². The first-order valence-electron chi connectivity index (χ1n) is 6.36. The van der Waals surface area contributed by atoms with Crippen LogP contribution in [0.15, 0.2) is 37.8 Å². The lowest BCUT2D eigenvalue weighted by atomic mass is 10.2. The number of aromatic nitrogens is 3. The Morgan fingerprint density at radius 2 is 2.19 bits per heavy atom. The molecule has 1 aromatic heterocycles. The van der Waals surface area contributed by atoms with Crippen molar-refractivity contribution in [2.45, 2.75) is 23.5 Å². The third kappa shape index (κ3) is 3.59. The number of hydrogen-bond donors (Lipinski definition) is 2. The molecule has 112 valence electrons. The monoisotopic (exact) mass is 310 g/mol. The molecule has 0 spiro atoms. The van der Waals surface area contributed by atoms with E-state index in [1.165, 1.54) is 10.7 Å². The molecule has 0 fully saturated rings. The van der Waals surface area contributed by atoms with Crippen molar-refractivity contribution in [3.05, 3.63) is 50.3 Å². The Balaban J connectivity index is 2.40. The summed E-state index contributed by atoms with van der Waals surface area (Å²) in [5, 5.41) is 5.72. The van der Waals surface area contributed by atoms with E-state index in [4.69, 9.17) is 0 Å². The first kappa shape index (κ1) is 15.5. The van der Waals surface area contributed by atoms with Gasteiger partial charge in [0.05, 0.1) is 0 Å². The molecule has 2 aromatic rings. The zero-order chi connectivity index (χ0) is 15.4. The Bertz CT molecular complexity index is 757. The molecular formula is C13H15FN4O2S. The van der Waals surface area contributed by atoms with E-state index in [1.807, 2.05) is 6.92 Å². The van der Waals surface area contributed by atoms with Gasteiger partial charge in [0.2, 0.25) is 0 Å². The predicted molar refractivity (Wildman–Crippen MR) is 78.0 cm³/mol. The van der Waals surface area contributed by atoms with Crippen LogP contribution in [0.1, 0.15) is 12.5 Å². The van der Waals surface area contributed by atoms with Gasteiger partial charge in [0, 0.05) is 24.1 Å². The fourth-order valence-corrected chi connectivity index (χ4v) is 2.65. The van der Waals surface area contributed by atoms with Gasteiger partial charge in [0.15, 0.2) is 5.16 Å². The third-order valence-electron chi connectivity index (χ3n) is 2.78. The molecular weight excluding hydrogens is 295 g/mol. The number of benzene rings is 1. The second-order valence-electron chi connectivity index (χ2n) is 4.30. The summed E-state index contributed by atoms with van der Waals surface area (Å²) in [6, 6.07) is 4.73. The number of halogens is 1. The van der Waals surface area contributed by atoms with E-state index in [9.17, 15) is 14.0 Å². The van der Waals surface area contributed by atoms with Crippen molar-refractivity contribution in [3.8, 4) is 0 Å². The summed E-state index contributed by atoms with van der Waals surface area (Å²) in [6.07, 6.45) is 0. The zero-order valence-electron chi connectivity index (χ0n) is 11.6. The van der Waals surface area contributed by atoms with Crippen LogP contribution in [0.3, 0.4) is 0 Å². The van der Waals surface area contributed by atoms with Crippen LogP contribution in [0.5, 0.6) is 0 Å². The van der Waals surface area contributed by atoms with Crippen LogP contribution >= 0.6 is 11.8 Å². The van der Waals surface area contributed by atoms with Crippen molar-refractivity contribution in [3.63, 3.8) is 0 Å². The molecule has 0 unspecified atom stereocenters. The van der Waals surface area contributed by atoms with Crippen LogP contribution in [0.2, 0.25) is 0 Å². The van der Waals surface area contributed by atoms with Crippen molar-refractivity contribution in [1.82, 2.24) is 20.1 Å². The van der Waals surface area contributed by atoms with Crippen LogP contribution in [-0.2, 0) is 13.6 Å². The molecule has 6 nitrogen and oxygen atoms in total. The number of aromatic amines is 1. The van der Waals surface area contributed by atoms with Crippen LogP contribution < -0.4 is 16.4 Å². The number of rotatable bonds is 5. The van der Waals surface area contributed by atoms with Crippen molar-refractivity contribution >= 4 is 11.8 Å². The molecule has 0 bridgehead atoms. The van der Waals surface area contributed by atoms with E-state index in [0.717, 1.165) is 11.8 Å². The second kappa shape index (κ2) is 6.68. The second-order valence-corrected chi connectivity index (χ2v) is 5.31. The summed E-state index contributed by atoms with van der Waals surface area (Å²) in [5.74, 6) is -0.324. The van der Waals surface area contributed by atoms with Crippen molar-refractivity contribution < 1.29 is 4.39 Å². The van der Waals surface area contributed by atoms with Gasteiger partial charge in [0.1, 0.15) is 5.82 Å². The molecule has 0 aliphatic heterocycles. The number of nitrogens with one attached hydrogen (secondary N) is 2. The largest absolute Gasteiger partial charge is 0.339 e. The molecule has 0 saturated carbocycles. The average Bonchev–Trinajstić information content (AvgIpc) is 2.44. The molecule has 0 aliphatic carbocycles. The molecule has 0 saturated heterocycles. The number of nitrogens with zero attached hydrogens (tertiary/aromatic N) is 2. The zero-order valence-corrected chi connectivity index (χ0v) is 12.5. The summed E-state index contributed by atoms with van der Waals surface area (Å²) in [7, 11) is 1.57. The lowest BCUT2D eigenvalue weighted by molar-refractivity contribution is 0.582. The van der Waals surface area contributed by atoms with Crippen molar-refractivity contribution in [2.24, 2.45) is 7.05 Å². The van der Waals surface area contributed by atoms with Crippen LogP contribution in [0.25, 0.3) is 0 Å². The van der Waals surface area contributed by atoms with Gasteiger partial charge in [-0.25, -0.2) is 4.39 Å². The maximum absolute atomic E-state index is 13.9. The average molecular weight is 310 g/mol. The predicted octanol–water partition coefficient (Wildman–Crippen LogP) is 0.868. The number of hydrogen-bond acceptors (Lipinski definition) is 5. The Kier molecular flexibility index (Phi) is 4.92. The van der Waals surface area contributed by atoms with Gasteiger partial charge in [-0.2, -0.15) is 4.98 Å². The molecule has 2 N–H and O–H groups in total. The summed E-state index contributed by atoms with van der Waals surface area (Å²) in [6.45, 7) is 3.03. The fourth-order valence-electron chi connectivity index (χ4n) is 1.71. The standard InChI is InChI=1S/C13H15FN4O2S/c1-3-15-7-8-9(14)5-4-6-10(8)21-13-16-11(19)12(20)17-18(13)2/h4-6,15H,3,7H2,1-2H3,(H,17,20). The highest BCUT2D eigenvalue weighted by atomic mass is 32.2. The number of H-pyrrole nitrogens is 1. The van der Waals surface area contributed by atoms with Gasteiger partial charge in [0.25, 0.3) is 0 Å². The maximum atomic E-state index is 13.9. The smallest absolute Gasteiger partial charge is 0.313 e. The normalized spacial score (nSPS) is 10.8. The Labute approximate surface area is 124 Å². The molecule has 1 heterocycles. The van der Waals surface area contributed by atoms with Gasteiger partial charge < -0.3 is 5.32 Å². The summed E-state index contributed by atoms with van der Waals surface area (Å²) in [4.78, 5) is 26.9. The maximum Gasteiger partial charge on any atom is 0.339 e. The highest BCUT2D eigenvalue weighted by Gasteiger charge is 2.12. The highest BCUT2D eigenvalue weighted by molar-refractivity contribution is 7.99. The SMILES string of the molecule is CCNCc1c(F)cccc1Sc1nc(=O)c(=O)[nH]n1C. The van der Waals surface area contributed by atoms with E-state index in [0.29, 0.717) is 28.7 Å². The van der Waals surface area contributed by atoms with Crippen LogP contribution in [-0.4, -0.2) is 21.3 Å². The van der Waals surface area contributed by atoms with E-state index in [2.05, 4.69) is 15.4 Å². The lowest BCUT2D eigenvalue weighted by Gasteiger charge is -2.11. The highest BCUT2D eigenvalue weighted by Crippen LogP contribution is 2.29. The lowest BCUT2D eigenvalue weighted by Crippen LogP contribution is -2.33. The first-order valence-corrected chi connectivity index (χ1v) is 7.18. The molecule has 8 heteroatoms. The Morgan fingerprint density at radius 3 is 2.90 bits per heavy atom. The molecule has 1 aromatic carbocycles. The molecule has 0 amide bonds. The van der Waals surface area contributed by atoms with Gasteiger partial charge in [-0.15, -0.1) is 0 Å². The molecule has 21 heavy (non-hydrogen) atoms. The Hall–Kier alpha value is -1.93. The molecule has 0 aliphatic rings. The van der Waals surface area contributed by atoms with E-state index < -0.39 is 11.1 Å². The number of aryl methyl sites for hydroxylation is 1. The first-order chi connectivity index (χ1) is 10.0. The fraction of sp³-hybridized carbons (Fsp3) is 0.308. The van der Waals surface area contributed by atoms with Gasteiger partial charge in [-0.1, -0.05) is 13.0 Å². The minimum absolute atomic E-state index is 0.294. The minimum atomic E-state index is -0.861. The van der Waals surface area contributed by atoms with Gasteiger partial charge in [-0.3, -0.25) is 19.4 Å². The molecule has 0 atom stereocenters. The third-order valence-corrected chi connectivity index (χ3v) is 3.93. The van der Waals surface area contributed by atoms with E-state index >= 15 is 0 Å². The van der Waals surface area contributed by atoms with E-state index in [1.54, 1.807) is 19.2 Å². The molecule has 0 radical (unpaired) electrons. The minimum Gasteiger partial charge on any atom is -0.313 e. The summed E-state index contributed by atoms with van der Waals surface area (Å²) in [5.41, 5.74) is -1.14. The van der Waals surface area contributed by atoms with Crippen molar-refractivity contribution in [2.75, 3.05) is 6.54 Å². The Morgan fingerprint density at radius 1 is 1.43 bits per heavy atom. The quantitative estimate of drug-likeness (QED) is 0.801. The van der Waals surface area contributed by atoms with Crippen molar-refractivity contribution in [1.29, 1.82) is 0 Å².